The lowest BCUT2D eigenvalue weighted by atomic mass is 10.2. The average Bonchev–Trinajstić information content (AvgIpc) is 3.10. The number of benzene rings is 1. The molecule has 2 aromatic rings. The Kier molecular flexibility index (Phi) is 4.33. The second kappa shape index (κ2) is 6.41. The highest BCUT2D eigenvalue weighted by Crippen LogP contribution is 2.21. The Balaban J connectivity index is 1.64. The summed E-state index contributed by atoms with van der Waals surface area (Å²) in [4.78, 5) is 25.4. The Morgan fingerprint density at radius 1 is 1.39 bits per heavy atom. The van der Waals surface area contributed by atoms with Gasteiger partial charge in [0, 0.05) is 18.1 Å². The van der Waals surface area contributed by atoms with E-state index in [2.05, 4.69) is 31.7 Å². The van der Waals surface area contributed by atoms with Gasteiger partial charge in [-0.25, -0.2) is 9.48 Å². The molecule has 2 N–H and O–H groups in total. The van der Waals surface area contributed by atoms with E-state index in [1.807, 2.05) is 24.3 Å². The zero-order chi connectivity index (χ0) is 16.4. The molecule has 23 heavy (non-hydrogen) atoms. The molecule has 1 aliphatic rings. The van der Waals surface area contributed by atoms with Crippen molar-refractivity contribution in [3.8, 4) is 5.69 Å². The van der Waals surface area contributed by atoms with Gasteiger partial charge in [-0.2, -0.15) is 5.10 Å². The van der Waals surface area contributed by atoms with Crippen LogP contribution in [0.5, 0.6) is 0 Å². The van der Waals surface area contributed by atoms with E-state index >= 15 is 0 Å². The third-order valence-corrected chi connectivity index (χ3v) is 4.34. The maximum Gasteiger partial charge on any atom is 0.319 e. The molecule has 2 heterocycles. The predicted octanol–water partition coefficient (Wildman–Crippen LogP) is 1.99. The van der Waals surface area contributed by atoms with Crippen molar-refractivity contribution in [2.24, 2.45) is 0 Å². The molecule has 0 spiro atoms. The summed E-state index contributed by atoms with van der Waals surface area (Å²) >= 11 is 3.46. The van der Waals surface area contributed by atoms with Crippen LogP contribution in [0.15, 0.2) is 41.1 Å². The third kappa shape index (κ3) is 3.37. The highest BCUT2D eigenvalue weighted by Gasteiger charge is 2.30. The van der Waals surface area contributed by atoms with Gasteiger partial charge < -0.3 is 15.5 Å². The normalized spacial score (nSPS) is 17.4. The first-order valence-corrected chi connectivity index (χ1v) is 7.96. The standard InChI is InChI=1S/C15H16BrN5O2/c1-20-7-6-12(14(20)22)19-15(23)18-10-8-17-21(9-10)13-5-3-2-4-11(13)16/h2-5,8-9,12H,6-7H2,1H3,(H2,18,19,23). The summed E-state index contributed by atoms with van der Waals surface area (Å²) in [7, 11) is 1.73. The Labute approximate surface area is 141 Å². The molecule has 1 aliphatic heterocycles. The molecule has 1 atom stereocenters. The molecule has 7 nitrogen and oxygen atoms in total. The van der Waals surface area contributed by atoms with E-state index in [0.29, 0.717) is 18.7 Å². The molecule has 1 unspecified atom stereocenters. The summed E-state index contributed by atoms with van der Waals surface area (Å²) < 4.78 is 2.56. The van der Waals surface area contributed by atoms with E-state index in [4.69, 9.17) is 0 Å². The number of hydrogen-bond donors (Lipinski definition) is 2. The summed E-state index contributed by atoms with van der Waals surface area (Å²) in [5.74, 6) is -0.0657. The van der Waals surface area contributed by atoms with Gasteiger partial charge >= 0.3 is 6.03 Å². The van der Waals surface area contributed by atoms with Crippen LogP contribution >= 0.6 is 15.9 Å². The molecular weight excluding hydrogens is 362 g/mol. The van der Waals surface area contributed by atoms with Crippen molar-refractivity contribution in [3.63, 3.8) is 0 Å². The van der Waals surface area contributed by atoms with Gasteiger partial charge in [0.25, 0.3) is 0 Å². The second-order valence-corrected chi connectivity index (χ2v) is 6.18. The van der Waals surface area contributed by atoms with Crippen LogP contribution in [0, 0.1) is 0 Å². The molecule has 1 aromatic heterocycles. The number of rotatable bonds is 3. The number of likely N-dealkylation sites (tertiary alicyclic amines) is 1. The van der Waals surface area contributed by atoms with Crippen LogP contribution in [-0.4, -0.2) is 46.3 Å². The van der Waals surface area contributed by atoms with Crippen molar-refractivity contribution in [2.75, 3.05) is 18.9 Å². The number of halogens is 1. The topological polar surface area (TPSA) is 79.3 Å². The number of likely N-dealkylation sites (N-methyl/N-ethyl adjacent to an activating group) is 1. The van der Waals surface area contributed by atoms with E-state index in [1.54, 1.807) is 29.0 Å². The fourth-order valence-corrected chi connectivity index (χ4v) is 2.90. The van der Waals surface area contributed by atoms with Gasteiger partial charge in [0.1, 0.15) is 6.04 Å². The van der Waals surface area contributed by atoms with Gasteiger partial charge in [-0.3, -0.25) is 4.79 Å². The van der Waals surface area contributed by atoms with Crippen LogP contribution in [0.3, 0.4) is 0 Å². The summed E-state index contributed by atoms with van der Waals surface area (Å²) in [5, 5.41) is 9.60. The molecule has 120 valence electrons. The number of aromatic nitrogens is 2. The fraction of sp³-hybridized carbons (Fsp3) is 0.267. The predicted molar refractivity (Wildman–Crippen MR) is 89.5 cm³/mol. The number of nitrogens with one attached hydrogen (secondary N) is 2. The van der Waals surface area contributed by atoms with Crippen LogP contribution in [-0.2, 0) is 4.79 Å². The van der Waals surface area contributed by atoms with E-state index in [0.717, 1.165) is 10.2 Å². The maximum atomic E-state index is 12.0. The highest BCUT2D eigenvalue weighted by atomic mass is 79.9. The van der Waals surface area contributed by atoms with Gasteiger partial charge in [-0.1, -0.05) is 12.1 Å². The Morgan fingerprint density at radius 2 is 2.17 bits per heavy atom. The van der Waals surface area contributed by atoms with Crippen LogP contribution in [0.1, 0.15) is 6.42 Å². The molecule has 3 rings (SSSR count). The summed E-state index contributed by atoms with van der Waals surface area (Å²) in [6, 6.07) is 6.78. The first-order chi connectivity index (χ1) is 11.0. The maximum absolute atomic E-state index is 12.0. The number of urea groups is 1. The number of para-hydroxylation sites is 1. The highest BCUT2D eigenvalue weighted by molar-refractivity contribution is 9.10. The van der Waals surface area contributed by atoms with Crippen LogP contribution in [0.25, 0.3) is 5.69 Å². The smallest absolute Gasteiger partial charge is 0.319 e. The lowest BCUT2D eigenvalue weighted by Gasteiger charge is -2.12. The lowest BCUT2D eigenvalue weighted by molar-refractivity contribution is -0.128. The molecule has 1 aromatic carbocycles. The molecule has 0 bridgehead atoms. The lowest BCUT2D eigenvalue weighted by Crippen LogP contribution is -2.42. The van der Waals surface area contributed by atoms with Gasteiger partial charge in [-0.05, 0) is 34.5 Å². The van der Waals surface area contributed by atoms with E-state index < -0.39 is 12.1 Å². The SMILES string of the molecule is CN1CCC(NC(=O)Nc2cnn(-c3ccccc3Br)c2)C1=O. The van der Waals surface area contributed by atoms with Gasteiger partial charge in [0.2, 0.25) is 5.91 Å². The number of carbonyl (C=O) groups is 2. The molecule has 3 amide bonds. The summed E-state index contributed by atoms with van der Waals surface area (Å²) in [5.41, 5.74) is 1.42. The minimum atomic E-state index is -0.460. The van der Waals surface area contributed by atoms with Crippen molar-refractivity contribution >= 4 is 33.6 Å². The number of amides is 3. The largest absolute Gasteiger partial charge is 0.344 e. The Hall–Kier alpha value is -2.35. The third-order valence-electron chi connectivity index (χ3n) is 3.67. The molecular formula is C15H16BrN5O2. The van der Waals surface area contributed by atoms with Crippen molar-refractivity contribution in [2.45, 2.75) is 12.5 Å². The second-order valence-electron chi connectivity index (χ2n) is 5.32. The molecule has 8 heteroatoms. The van der Waals surface area contributed by atoms with E-state index in [9.17, 15) is 9.59 Å². The Morgan fingerprint density at radius 3 is 2.87 bits per heavy atom. The first kappa shape index (κ1) is 15.5. The number of carbonyl (C=O) groups excluding carboxylic acids is 2. The van der Waals surface area contributed by atoms with Crippen LogP contribution < -0.4 is 10.6 Å². The summed E-state index contributed by atoms with van der Waals surface area (Å²) in [6.45, 7) is 0.656. The number of nitrogens with zero attached hydrogens (tertiary/aromatic N) is 3. The zero-order valence-corrected chi connectivity index (χ0v) is 14.1. The number of hydrogen-bond acceptors (Lipinski definition) is 3. The minimum absolute atomic E-state index is 0.0657. The molecule has 1 fully saturated rings. The molecule has 0 radical (unpaired) electrons. The first-order valence-electron chi connectivity index (χ1n) is 7.16. The van der Waals surface area contributed by atoms with E-state index in [-0.39, 0.29) is 5.91 Å². The molecule has 0 aliphatic carbocycles. The molecule has 1 saturated heterocycles. The van der Waals surface area contributed by atoms with Crippen molar-refractivity contribution in [3.05, 3.63) is 41.1 Å². The van der Waals surface area contributed by atoms with Crippen LogP contribution in [0.4, 0.5) is 10.5 Å². The van der Waals surface area contributed by atoms with Crippen LogP contribution in [0.2, 0.25) is 0 Å². The minimum Gasteiger partial charge on any atom is -0.344 e. The quantitative estimate of drug-likeness (QED) is 0.858. The van der Waals surface area contributed by atoms with Crippen molar-refractivity contribution < 1.29 is 9.59 Å². The van der Waals surface area contributed by atoms with Crippen molar-refractivity contribution in [1.82, 2.24) is 20.0 Å². The number of anilines is 1. The monoisotopic (exact) mass is 377 g/mol. The molecule has 0 saturated carbocycles. The Bertz CT molecular complexity index is 745. The zero-order valence-electron chi connectivity index (χ0n) is 12.5. The van der Waals surface area contributed by atoms with Gasteiger partial charge in [0.05, 0.1) is 23.8 Å². The fourth-order valence-electron chi connectivity index (χ4n) is 2.44. The van der Waals surface area contributed by atoms with Gasteiger partial charge in [0.15, 0.2) is 0 Å². The summed E-state index contributed by atoms with van der Waals surface area (Å²) in [6.07, 6.45) is 3.89. The average molecular weight is 378 g/mol. The van der Waals surface area contributed by atoms with Gasteiger partial charge in [-0.15, -0.1) is 0 Å². The van der Waals surface area contributed by atoms with E-state index in [1.165, 1.54) is 0 Å². The van der Waals surface area contributed by atoms with Crippen molar-refractivity contribution in [1.29, 1.82) is 0 Å².